The third-order valence-electron chi connectivity index (χ3n) is 10.7. The molecule has 0 aliphatic heterocycles. The van der Waals surface area contributed by atoms with Gasteiger partial charge in [0.15, 0.2) is 0 Å². The normalized spacial score (nSPS) is 12.9. The number of rotatable bonds is 11. The maximum absolute atomic E-state index is 4.24. The lowest BCUT2D eigenvalue weighted by molar-refractivity contribution is 0.769. The number of allylic oxidation sites excluding steroid dienone is 2. The van der Waals surface area contributed by atoms with Crippen LogP contribution in [0.3, 0.4) is 0 Å². The summed E-state index contributed by atoms with van der Waals surface area (Å²) in [6.07, 6.45) is 3.55. The Bertz CT molecular complexity index is 2440. The molecule has 0 radical (unpaired) electrons. The SMILES string of the molecule is C=C/C(N=C)=C(\C=C)N(Cc1ccc(-c2ccc3c(c2)C(c2ccccc2)(c2ccccc2)c2cc(-c4ccc(C)cc4)ccc2-3)cc1)c1ccccc1. The van der Waals surface area contributed by atoms with Crippen molar-refractivity contribution in [2.75, 3.05) is 4.90 Å². The minimum absolute atomic E-state index is 0.504. The molecule has 0 saturated heterocycles. The zero-order valence-corrected chi connectivity index (χ0v) is 30.6. The van der Waals surface area contributed by atoms with Crippen LogP contribution in [0.25, 0.3) is 33.4 Å². The molecule has 0 amide bonds. The fourth-order valence-corrected chi connectivity index (χ4v) is 8.11. The summed E-state index contributed by atoms with van der Waals surface area (Å²) in [6.45, 7) is 14.6. The Kier molecular flexibility index (Phi) is 9.34. The van der Waals surface area contributed by atoms with Crippen molar-refractivity contribution < 1.29 is 0 Å². The van der Waals surface area contributed by atoms with E-state index in [0.717, 1.165) is 22.5 Å². The molecular formula is C52H42N2. The Balaban J connectivity index is 1.25. The highest BCUT2D eigenvalue weighted by Crippen LogP contribution is 2.57. The summed E-state index contributed by atoms with van der Waals surface area (Å²) in [5.41, 5.74) is 16.9. The fourth-order valence-electron chi connectivity index (χ4n) is 8.11. The highest BCUT2D eigenvalue weighted by Gasteiger charge is 2.46. The molecule has 0 bridgehead atoms. The summed E-state index contributed by atoms with van der Waals surface area (Å²) >= 11 is 0. The molecule has 0 unspecified atom stereocenters. The van der Waals surface area contributed by atoms with E-state index in [1.165, 1.54) is 55.6 Å². The molecule has 0 spiro atoms. The van der Waals surface area contributed by atoms with Crippen molar-refractivity contribution in [2.24, 2.45) is 4.99 Å². The van der Waals surface area contributed by atoms with Gasteiger partial charge in [0.25, 0.3) is 0 Å². The van der Waals surface area contributed by atoms with E-state index in [4.69, 9.17) is 0 Å². The second kappa shape index (κ2) is 14.7. The second-order valence-corrected chi connectivity index (χ2v) is 13.8. The number of aliphatic imine (C=N–C) groups is 1. The van der Waals surface area contributed by atoms with E-state index >= 15 is 0 Å². The number of fused-ring (bicyclic) bond motifs is 3. The molecule has 2 nitrogen and oxygen atoms in total. The molecule has 1 aliphatic carbocycles. The third-order valence-corrected chi connectivity index (χ3v) is 10.7. The van der Waals surface area contributed by atoms with Crippen LogP contribution in [-0.2, 0) is 12.0 Å². The van der Waals surface area contributed by atoms with Gasteiger partial charge in [-0.15, -0.1) is 0 Å². The van der Waals surface area contributed by atoms with Crippen LogP contribution in [0, 0.1) is 6.92 Å². The first kappa shape index (κ1) is 34.3. The molecule has 0 atom stereocenters. The van der Waals surface area contributed by atoms with Gasteiger partial charge in [-0.05, 0) is 111 Å². The number of aryl methyl sites for hydroxylation is 1. The van der Waals surface area contributed by atoms with Gasteiger partial charge in [-0.1, -0.05) is 170 Å². The summed E-state index contributed by atoms with van der Waals surface area (Å²) in [5, 5.41) is 0. The number of hydrogen-bond donors (Lipinski definition) is 0. The van der Waals surface area contributed by atoms with Crippen LogP contribution in [-0.4, -0.2) is 6.72 Å². The van der Waals surface area contributed by atoms with E-state index in [-0.39, 0.29) is 0 Å². The average Bonchev–Trinajstić information content (AvgIpc) is 3.53. The van der Waals surface area contributed by atoms with E-state index < -0.39 is 5.41 Å². The van der Waals surface area contributed by atoms with Crippen molar-refractivity contribution >= 4 is 12.4 Å². The van der Waals surface area contributed by atoms with Crippen LogP contribution in [0.1, 0.15) is 33.4 Å². The summed E-state index contributed by atoms with van der Waals surface area (Å²) < 4.78 is 0. The lowest BCUT2D eigenvalue weighted by Gasteiger charge is -2.34. The number of para-hydroxylation sites is 1. The van der Waals surface area contributed by atoms with Gasteiger partial charge in [0.1, 0.15) is 0 Å². The lowest BCUT2D eigenvalue weighted by atomic mass is 9.67. The molecule has 0 aromatic heterocycles. The molecule has 1 aliphatic rings. The maximum Gasteiger partial charge on any atom is 0.0853 e. The minimum atomic E-state index is -0.504. The molecule has 7 aromatic rings. The molecule has 7 aromatic carbocycles. The summed E-state index contributed by atoms with van der Waals surface area (Å²) in [4.78, 5) is 6.45. The Morgan fingerprint density at radius 1 is 0.556 bits per heavy atom. The van der Waals surface area contributed by atoms with Crippen molar-refractivity contribution in [3.63, 3.8) is 0 Å². The fraction of sp³-hybridized carbons (Fsp3) is 0.0577. The van der Waals surface area contributed by atoms with Crippen molar-refractivity contribution in [2.45, 2.75) is 18.9 Å². The summed E-state index contributed by atoms with van der Waals surface area (Å²) in [5.74, 6) is 0. The van der Waals surface area contributed by atoms with Gasteiger partial charge in [0, 0.05) is 12.2 Å². The van der Waals surface area contributed by atoms with Crippen molar-refractivity contribution in [1.82, 2.24) is 0 Å². The number of hydrogen-bond acceptors (Lipinski definition) is 2. The third kappa shape index (κ3) is 6.02. The van der Waals surface area contributed by atoms with Gasteiger partial charge in [-0.2, -0.15) is 0 Å². The van der Waals surface area contributed by atoms with Crippen molar-refractivity contribution in [3.05, 3.63) is 246 Å². The van der Waals surface area contributed by atoms with Gasteiger partial charge < -0.3 is 4.90 Å². The quantitative estimate of drug-likeness (QED) is 0.0972. The standard InChI is InChI=1S/C52H42N2/c1-5-50(53-4)51(6-2)54(45-20-14-9-15-21-45)36-38-24-28-40(29-25-38)42-31-33-47-46-32-30-41(39-26-22-37(3)23-27-39)34-48(46)52(49(47)35-42,43-16-10-7-11-17-43)44-18-12-8-13-19-44/h5-35H,1-2,4,36H2,3H3/b51-50-. The second-order valence-electron chi connectivity index (χ2n) is 13.8. The highest BCUT2D eigenvalue weighted by molar-refractivity contribution is 5.90. The van der Waals surface area contributed by atoms with Gasteiger partial charge in [-0.25, -0.2) is 0 Å². The first-order valence-electron chi connectivity index (χ1n) is 18.4. The Labute approximate surface area is 319 Å². The van der Waals surface area contributed by atoms with Gasteiger partial charge in [-0.3, -0.25) is 4.99 Å². The molecule has 0 fully saturated rings. The van der Waals surface area contributed by atoms with Crippen molar-refractivity contribution in [1.29, 1.82) is 0 Å². The molecule has 2 heteroatoms. The molecule has 0 saturated carbocycles. The summed E-state index contributed by atoms with van der Waals surface area (Å²) in [6, 6.07) is 64.2. The zero-order valence-electron chi connectivity index (χ0n) is 30.6. The van der Waals surface area contributed by atoms with E-state index in [9.17, 15) is 0 Å². The molecule has 54 heavy (non-hydrogen) atoms. The van der Waals surface area contributed by atoms with Crippen molar-refractivity contribution in [3.8, 4) is 33.4 Å². The largest absolute Gasteiger partial charge is 0.335 e. The minimum Gasteiger partial charge on any atom is -0.335 e. The van der Waals surface area contributed by atoms with E-state index in [2.05, 4.69) is 194 Å². The summed E-state index contributed by atoms with van der Waals surface area (Å²) in [7, 11) is 0. The first-order chi connectivity index (χ1) is 26.5. The van der Waals surface area contributed by atoms with E-state index in [1.54, 1.807) is 6.08 Å². The number of anilines is 1. The molecule has 0 heterocycles. The highest BCUT2D eigenvalue weighted by atomic mass is 15.1. The Morgan fingerprint density at radius 3 is 1.48 bits per heavy atom. The van der Waals surface area contributed by atoms with Crippen LogP contribution in [0.5, 0.6) is 0 Å². The number of nitrogens with zero attached hydrogens (tertiary/aromatic N) is 2. The molecule has 8 rings (SSSR count). The maximum atomic E-state index is 4.24. The Hall–Kier alpha value is -6.77. The van der Waals surface area contributed by atoms with Crippen LogP contribution in [0.2, 0.25) is 0 Å². The molecule has 260 valence electrons. The van der Waals surface area contributed by atoms with E-state index in [0.29, 0.717) is 12.2 Å². The van der Waals surface area contributed by atoms with Crippen LogP contribution in [0.4, 0.5) is 5.69 Å². The topological polar surface area (TPSA) is 15.6 Å². The van der Waals surface area contributed by atoms with Crippen LogP contribution >= 0.6 is 0 Å². The van der Waals surface area contributed by atoms with Crippen LogP contribution in [0.15, 0.2) is 218 Å². The predicted molar refractivity (Wildman–Crippen MR) is 229 cm³/mol. The monoisotopic (exact) mass is 694 g/mol. The molecule has 0 N–H and O–H groups in total. The average molecular weight is 695 g/mol. The van der Waals surface area contributed by atoms with Gasteiger partial charge in [0.05, 0.1) is 16.8 Å². The zero-order chi connectivity index (χ0) is 37.1. The van der Waals surface area contributed by atoms with Gasteiger partial charge in [0.2, 0.25) is 0 Å². The smallest absolute Gasteiger partial charge is 0.0853 e. The predicted octanol–water partition coefficient (Wildman–Crippen LogP) is 13.0. The van der Waals surface area contributed by atoms with Crippen LogP contribution < -0.4 is 4.90 Å². The lowest BCUT2D eigenvalue weighted by Crippen LogP contribution is -2.28. The van der Waals surface area contributed by atoms with E-state index in [1.807, 2.05) is 24.3 Å². The number of benzene rings is 7. The Morgan fingerprint density at radius 2 is 1.02 bits per heavy atom. The van der Waals surface area contributed by atoms with Gasteiger partial charge >= 0.3 is 0 Å². The first-order valence-corrected chi connectivity index (χ1v) is 18.4. The molecular weight excluding hydrogens is 653 g/mol.